The first-order valence-electron chi connectivity index (χ1n) is 6.42. The molecule has 0 fully saturated rings. The van der Waals surface area contributed by atoms with Gasteiger partial charge in [0, 0.05) is 0 Å². The fraction of sp³-hybridized carbons (Fsp3) is 0. The average Bonchev–Trinajstić information content (AvgIpc) is 2.55. The number of carbonyl (C=O) groups is 4. The van der Waals surface area contributed by atoms with Crippen molar-refractivity contribution in [1.82, 2.24) is 0 Å². The van der Waals surface area contributed by atoms with Crippen LogP contribution in [0.25, 0.3) is 0 Å². The number of aldehydes is 1. The lowest BCUT2D eigenvalue weighted by Crippen LogP contribution is -2.17. The molecule has 0 spiro atoms. The summed E-state index contributed by atoms with van der Waals surface area (Å²) in [6.07, 6.45) is -0.0543. The van der Waals surface area contributed by atoms with E-state index in [1.54, 1.807) is 0 Å². The van der Waals surface area contributed by atoms with Crippen LogP contribution >= 0.6 is 0 Å². The van der Waals surface area contributed by atoms with E-state index in [9.17, 15) is 19.2 Å². The number of rotatable bonds is 2. The maximum absolute atomic E-state index is 12.2. The fourth-order valence-electron chi connectivity index (χ4n) is 1.94. The van der Waals surface area contributed by atoms with Crippen molar-refractivity contribution in [3.63, 3.8) is 0 Å². The summed E-state index contributed by atoms with van der Waals surface area (Å²) >= 11 is 0. The number of hydrogen-bond donors (Lipinski definition) is 0. The van der Waals surface area contributed by atoms with Gasteiger partial charge in [0.15, 0.2) is 0 Å². The molecule has 7 heteroatoms. The van der Waals surface area contributed by atoms with Gasteiger partial charge in [-0.05, 0) is 42.5 Å². The Balaban J connectivity index is 2.11. The van der Waals surface area contributed by atoms with Crippen LogP contribution in [0.3, 0.4) is 0 Å². The van der Waals surface area contributed by atoms with E-state index in [0.717, 1.165) is 6.07 Å². The highest BCUT2D eigenvalue weighted by molar-refractivity contribution is 6.21. The number of ether oxygens (including phenoxy) is 3. The molecule has 0 amide bonds. The van der Waals surface area contributed by atoms with Crippen LogP contribution in [0.1, 0.15) is 20.7 Å². The van der Waals surface area contributed by atoms with Gasteiger partial charge < -0.3 is 14.2 Å². The van der Waals surface area contributed by atoms with E-state index in [1.807, 2.05) is 0 Å². The zero-order valence-corrected chi connectivity index (χ0v) is 11.5. The Hall–Kier alpha value is -3.48. The highest BCUT2D eigenvalue weighted by Gasteiger charge is 2.21. The Labute approximate surface area is 129 Å². The zero-order chi connectivity index (χ0) is 16.4. The molecule has 4 aliphatic rings. The number of carbonyl (C=O) groups excluding carboxylic acids is 4. The number of esters is 3. The van der Waals surface area contributed by atoms with Crippen molar-refractivity contribution >= 4 is 24.2 Å². The maximum atomic E-state index is 12.2. The van der Waals surface area contributed by atoms with Crippen LogP contribution in [-0.4, -0.2) is 24.2 Å². The molecule has 6 rings (SSSR count). The van der Waals surface area contributed by atoms with E-state index in [4.69, 9.17) is 14.2 Å². The average molecular weight is 312 g/mol. The molecule has 114 valence electrons. The van der Waals surface area contributed by atoms with E-state index in [2.05, 4.69) is 0 Å². The van der Waals surface area contributed by atoms with Gasteiger partial charge >= 0.3 is 17.9 Å². The molecule has 0 unspecified atom stereocenters. The molecule has 7 nitrogen and oxygen atoms in total. The van der Waals surface area contributed by atoms with Crippen molar-refractivity contribution in [2.75, 3.05) is 0 Å². The Bertz CT molecular complexity index is 821. The topological polar surface area (TPSA) is 96.0 Å². The van der Waals surface area contributed by atoms with Gasteiger partial charge in [0.25, 0.3) is 0 Å². The van der Waals surface area contributed by atoms with Gasteiger partial charge in [-0.1, -0.05) is 0 Å². The molecule has 0 N–H and O–H groups in total. The van der Waals surface area contributed by atoms with E-state index in [1.165, 1.54) is 36.4 Å². The van der Waals surface area contributed by atoms with Crippen LogP contribution in [0.4, 0.5) is 0 Å². The van der Waals surface area contributed by atoms with Crippen LogP contribution in [0.2, 0.25) is 0 Å². The Morgan fingerprint density at radius 3 is 2.13 bits per heavy atom. The van der Waals surface area contributed by atoms with E-state index < -0.39 is 17.9 Å². The van der Waals surface area contributed by atoms with E-state index >= 15 is 0 Å². The van der Waals surface area contributed by atoms with E-state index in [0.29, 0.717) is 0 Å². The van der Waals surface area contributed by atoms with Crippen molar-refractivity contribution in [1.29, 1.82) is 0 Å². The summed E-state index contributed by atoms with van der Waals surface area (Å²) in [7, 11) is 0. The smallest absolute Gasteiger partial charge is 0.376 e. The quantitative estimate of drug-likeness (QED) is 0.359. The fourth-order valence-corrected chi connectivity index (χ4v) is 1.94. The maximum Gasteiger partial charge on any atom is 0.376 e. The zero-order valence-electron chi connectivity index (χ0n) is 11.5. The van der Waals surface area contributed by atoms with Gasteiger partial charge in [0.2, 0.25) is 6.29 Å². The normalized spacial score (nSPS) is 12.7. The lowest BCUT2D eigenvalue weighted by Gasteiger charge is -2.12. The number of hydrogen-bond acceptors (Lipinski definition) is 7. The molecule has 0 saturated heterocycles. The lowest BCUT2D eigenvalue weighted by molar-refractivity contribution is -0.141. The molecule has 0 saturated carbocycles. The molecule has 23 heavy (non-hydrogen) atoms. The first kappa shape index (κ1) is 14.5. The second-order valence-corrected chi connectivity index (χ2v) is 4.50. The summed E-state index contributed by atoms with van der Waals surface area (Å²) in [5, 5.41) is 0. The van der Waals surface area contributed by atoms with Gasteiger partial charge in [-0.2, -0.15) is 0 Å². The highest BCUT2D eigenvalue weighted by Crippen LogP contribution is 2.26. The molecular formula is C16H8O7. The Morgan fingerprint density at radius 1 is 0.913 bits per heavy atom. The second-order valence-electron chi connectivity index (χ2n) is 4.50. The lowest BCUT2D eigenvalue weighted by atomic mass is 10.1. The van der Waals surface area contributed by atoms with Crippen molar-refractivity contribution in [2.24, 2.45) is 0 Å². The standard InChI is InChI=1S/C16H8O7/c17-8-14(18)23-13-7-9-1-6-12(13)16(20)22-11-4-2-10(3-5-11)21-15(9)19/h1-8H. The summed E-state index contributed by atoms with van der Waals surface area (Å²) in [5.74, 6) is -2.51. The second kappa shape index (κ2) is 5.72. The minimum Gasteiger partial charge on any atom is -0.423 e. The first-order chi connectivity index (χ1) is 11.1. The van der Waals surface area contributed by atoms with Gasteiger partial charge in [-0.25, -0.2) is 14.4 Å². The van der Waals surface area contributed by atoms with Crippen LogP contribution in [0.15, 0.2) is 42.5 Å². The Morgan fingerprint density at radius 2 is 1.52 bits per heavy atom. The third-order valence-electron chi connectivity index (χ3n) is 2.99. The van der Waals surface area contributed by atoms with Gasteiger partial charge in [0.1, 0.15) is 22.8 Å². The van der Waals surface area contributed by atoms with Gasteiger partial charge in [0.05, 0.1) is 5.56 Å². The molecule has 4 heterocycles. The predicted molar refractivity (Wildman–Crippen MR) is 74.5 cm³/mol. The summed E-state index contributed by atoms with van der Waals surface area (Å²) in [4.78, 5) is 45.9. The van der Waals surface area contributed by atoms with Gasteiger partial charge in [-0.15, -0.1) is 0 Å². The Kier molecular flexibility index (Phi) is 3.60. The molecule has 0 radical (unpaired) electrons. The van der Waals surface area contributed by atoms with Crippen molar-refractivity contribution < 1.29 is 33.4 Å². The van der Waals surface area contributed by atoms with Crippen LogP contribution < -0.4 is 14.2 Å². The van der Waals surface area contributed by atoms with Crippen LogP contribution in [0, 0.1) is 0 Å². The third kappa shape index (κ3) is 2.93. The summed E-state index contributed by atoms with van der Waals surface area (Å²) < 4.78 is 15.0. The molecule has 2 aromatic carbocycles. The minimum atomic E-state index is -1.21. The number of benzene rings is 2. The van der Waals surface area contributed by atoms with E-state index in [-0.39, 0.29) is 34.7 Å². The van der Waals surface area contributed by atoms with Crippen molar-refractivity contribution in [2.45, 2.75) is 0 Å². The molecule has 4 bridgehead atoms. The third-order valence-corrected chi connectivity index (χ3v) is 2.99. The summed E-state index contributed by atoms with van der Waals surface area (Å²) in [5.41, 5.74) is -0.0682. The molecule has 4 aliphatic heterocycles. The molecule has 2 aromatic rings. The minimum absolute atomic E-state index is 0.0416. The monoisotopic (exact) mass is 312 g/mol. The SMILES string of the molecule is O=CC(=O)Oc1cc2ccc1C(=O)Oc1ccc(cc1)OC2=O. The molecule has 0 aromatic heterocycles. The summed E-state index contributed by atoms with van der Waals surface area (Å²) in [6.45, 7) is 0. The predicted octanol–water partition coefficient (Wildman–Crippen LogP) is 1.54. The largest absolute Gasteiger partial charge is 0.423 e. The molecular weight excluding hydrogens is 304 g/mol. The van der Waals surface area contributed by atoms with Crippen molar-refractivity contribution in [3.8, 4) is 17.2 Å². The van der Waals surface area contributed by atoms with Crippen molar-refractivity contribution in [3.05, 3.63) is 53.6 Å². The first-order valence-corrected chi connectivity index (χ1v) is 6.42. The molecule has 0 atom stereocenters. The highest BCUT2D eigenvalue weighted by atomic mass is 16.6. The van der Waals surface area contributed by atoms with Crippen LogP contribution in [-0.2, 0) is 9.59 Å². The van der Waals surface area contributed by atoms with Gasteiger partial charge in [-0.3, -0.25) is 4.79 Å². The van der Waals surface area contributed by atoms with Crippen LogP contribution in [0.5, 0.6) is 17.2 Å². The molecule has 0 aliphatic carbocycles. The summed E-state index contributed by atoms with van der Waals surface area (Å²) in [6, 6.07) is 9.56.